The molecular formula is C13H19ClN2. The maximum Gasteiger partial charge on any atom is 0.0639 e. The first-order valence-corrected chi connectivity index (χ1v) is 6.17. The fourth-order valence-electron chi connectivity index (χ4n) is 2.46. The number of halogens is 1. The Morgan fingerprint density at radius 3 is 2.44 bits per heavy atom. The molecule has 0 radical (unpaired) electrons. The second kappa shape index (κ2) is 4.27. The van der Waals surface area contributed by atoms with E-state index in [9.17, 15) is 0 Å². The van der Waals surface area contributed by atoms with Gasteiger partial charge < -0.3 is 10.6 Å². The highest BCUT2D eigenvalue weighted by Crippen LogP contribution is 2.38. The molecule has 1 aliphatic carbocycles. The molecule has 0 unspecified atom stereocenters. The molecule has 0 bridgehead atoms. The Kier molecular flexibility index (Phi) is 3.13. The first kappa shape index (κ1) is 11.7. The summed E-state index contributed by atoms with van der Waals surface area (Å²) < 4.78 is 0. The lowest BCUT2D eigenvalue weighted by Crippen LogP contribution is -2.33. The Bertz CT molecular complexity index is 382. The lowest BCUT2D eigenvalue weighted by molar-refractivity contribution is 0.462. The Morgan fingerprint density at radius 1 is 1.25 bits per heavy atom. The quantitative estimate of drug-likeness (QED) is 0.858. The maximum absolute atomic E-state index is 6.44. The fourth-order valence-corrected chi connectivity index (χ4v) is 2.75. The molecule has 16 heavy (non-hydrogen) atoms. The molecule has 0 saturated heterocycles. The highest BCUT2D eigenvalue weighted by Gasteiger charge is 2.31. The third-order valence-corrected chi connectivity index (χ3v) is 3.82. The smallest absolute Gasteiger partial charge is 0.0639 e. The summed E-state index contributed by atoms with van der Waals surface area (Å²) >= 11 is 6.16. The predicted octanol–water partition coefficient (Wildman–Crippen LogP) is 3.13. The highest BCUT2D eigenvalue weighted by atomic mass is 35.5. The number of nitrogens with zero attached hydrogens (tertiary/aromatic N) is 1. The summed E-state index contributed by atoms with van der Waals surface area (Å²) in [6.07, 6.45) is 4.63. The summed E-state index contributed by atoms with van der Waals surface area (Å²) in [7, 11) is 4.01. The fraction of sp³-hybridized carbons (Fsp3) is 0.538. The van der Waals surface area contributed by atoms with Crippen molar-refractivity contribution in [3.8, 4) is 0 Å². The van der Waals surface area contributed by atoms with Crippen molar-refractivity contribution >= 4 is 17.3 Å². The molecule has 2 N–H and O–H groups in total. The molecule has 0 amide bonds. The van der Waals surface area contributed by atoms with Crippen molar-refractivity contribution in [2.45, 2.75) is 31.2 Å². The van der Waals surface area contributed by atoms with E-state index in [0.29, 0.717) is 0 Å². The van der Waals surface area contributed by atoms with Gasteiger partial charge in [0, 0.05) is 19.6 Å². The Balaban J connectivity index is 2.39. The lowest BCUT2D eigenvalue weighted by Gasteiger charge is -2.26. The van der Waals surface area contributed by atoms with Crippen LogP contribution in [0.2, 0.25) is 5.02 Å². The molecule has 0 atom stereocenters. The molecule has 88 valence electrons. The molecule has 3 heteroatoms. The van der Waals surface area contributed by atoms with E-state index in [2.05, 4.69) is 12.1 Å². The van der Waals surface area contributed by atoms with Gasteiger partial charge in [-0.2, -0.15) is 0 Å². The molecule has 2 nitrogen and oxygen atoms in total. The van der Waals surface area contributed by atoms with Crippen LogP contribution in [0, 0.1) is 0 Å². The molecule has 1 aromatic carbocycles. The number of nitrogens with two attached hydrogens (primary N) is 1. The van der Waals surface area contributed by atoms with Gasteiger partial charge in [0.1, 0.15) is 0 Å². The summed E-state index contributed by atoms with van der Waals surface area (Å²) in [5, 5.41) is 0.787. The zero-order valence-corrected chi connectivity index (χ0v) is 10.7. The van der Waals surface area contributed by atoms with Crippen molar-refractivity contribution in [3.05, 3.63) is 28.8 Å². The van der Waals surface area contributed by atoms with E-state index in [0.717, 1.165) is 23.6 Å². The number of rotatable bonds is 2. The second-order valence-corrected chi connectivity index (χ2v) is 5.33. The minimum Gasteiger partial charge on any atom is -0.376 e. The molecule has 0 aliphatic heterocycles. The van der Waals surface area contributed by atoms with Crippen LogP contribution in [-0.4, -0.2) is 14.1 Å². The van der Waals surface area contributed by atoms with Crippen LogP contribution < -0.4 is 10.6 Å². The third kappa shape index (κ3) is 2.04. The minimum atomic E-state index is -0.130. The van der Waals surface area contributed by atoms with Crippen LogP contribution in [0.15, 0.2) is 18.2 Å². The van der Waals surface area contributed by atoms with Crippen molar-refractivity contribution < 1.29 is 0 Å². The van der Waals surface area contributed by atoms with E-state index < -0.39 is 0 Å². The van der Waals surface area contributed by atoms with Crippen LogP contribution in [-0.2, 0) is 5.54 Å². The van der Waals surface area contributed by atoms with E-state index in [1.54, 1.807) is 0 Å². The van der Waals surface area contributed by atoms with E-state index >= 15 is 0 Å². The van der Waals surface area contributed by atoms with Crippen LogP contribution in [0.5, 0.6) is 0 Å². The van der Waals surface area contributed by atoms with Gasteiger partial charge in [0.05, 0.1) is 10.7 Å². The van der Waals surface area contributed by atoms with E-state index in [1.165, 1.54) is 18.4 Å². The third-order valence-electron chi connectivity index (χ3n) is 3.50. The number of hydrogen-bond acceptors (Lipinski definition) is 2. The molecular weight excluding hydrogens is 220 g/mol. The summed E-state index contributed by atoms with van der Waals surface area (Å²) in [4.78, 5) is 2.03. The van der Waals surface area contributed by atoms with Crippen LogP contribution in [0.25, 0.3) is 0 Å². The van der Waals surface area contributed by atoms with Crippen LogP contribution in [0.3, 0.4) is 0 Å². The van der Waals surface area contributed by atoms with Crippen molar-refractivity contribution in [3.63, 3.8) is 0 Å². The van der Waals surface area contributed by atoms with Gasteiger partial charge in [-0.05, 0) is 30.5 Å². The van der Waals surface area contributed by atoms with E-state index in [4.69, 9.17) is 17.3 Å². The Labute approximate surface area is 102 Å². The molecule has 1 fully saturated rings. The standard InChI is InChI=1S/C13H19ClN2/c1-16(2)12-9-10(5-6-11(12)14)13(15)7-3-4-8-13/h5-6,9H,3-4,7-8,15H2,1-2H3. The second-order valence-electron chi connectivity index (χ2n) is 4.92. The zero-order valence-electron chi connectivity index (χ0n) is 9.96. The molecule has 1 aromatic rings. The van der Waals surface area contributed by atoms with Gasteiger partial charge in [0.2, 0.25) is 0 Å². The summed E-state index contributed by atoms with van der Waals surface area (Å²) in [6.45, 7) is 0. The normalized spacial score (nSPS) is 18.8. The van der Waals surface area contributed by atoms with Crippen molar-refractivity contribution in [2.24, 2.45) is 5.73 Å². The highest BCUT2D eigenvalue weighted by molar-refractivity contribution is 6.33. The van der Waals surface area contributed by atoms with Gasteiger partial charge >= 0.3 is 0 Å². The van der Waals surface area contributed by atoms with Crippen molar-refractivity contribution in [1.29, 1.82) is 0 Å². The van der Waals surface area contributed by atoms with E-state index in [1.807, 2.05) is 25.1 Å². The predicted molar refractivity (Wildman–Crippen MR) is 70.1 cm³/mol. The minimum absolute atomic E-state index is 0.130. The topological polar surface area (TPSA) is 29.3 Å². The number of hydrogen-bond donors (Lipinski definition) is 1. The molecule has 0 spiro atoms. The first-order chi connectivity index (χ1) is 7.53. The van der Waals surface area contributed by atoms with Crippen LogP contribution >= 0.6 is 11.6 Å². The van der Waals surface area contributed by atoms with Gasteiger partial charge in [-0.1, -0.05) is 30.5 Å². The van der Waals surface area contributed by atoms with Gasteiger partial charge in [0.15, 0.2) is 0 Å². The first-order valence-electron chi connectivity index (χ1n) is 5.79. The molecule has 2 rings (SSSR count). The zero-order chi connectivity index (χ0) is 11.8. The SMILES string of the molecule is CN(C)c1cc(C2(N)CCCC2)ccc1Cl. The Hall–Kier alpha value is -0.730. The maximum atomic E-state index is 6.44. The van der Waals surface area contributed by atoms with Gasteiger partial charge in [-0.25, -0.2) is 0 Å². The average molecular weight is 239 g/mol. The summed E-state index contributed by atoms with van der Waals surface area (Å²) in [5.74, 6) is 0. The molecule has 0 heterocycles. The average Bonchev–Trinajstić information content (AvgIpc) is 2.66. The summed E-state index contributed by atoms with van der Waals surface area (Å²) in [6, 6.07) is 6.16. The van der Waals surface area contributed by atoms with Crippen LogP contribution in [0.4, 0.5) is 5.69 Å². The number of benzene rings is 1. The van der Waals surface area contributed by atoms with Gasteiger partial charge in [-0.15, -0.1) is 0 Å². The Morgan fingerprint density at radius 2 is 1.88 bits per heavy atom. The van der Waals surface area contributed by atoms with Crippen molar-refractivity contribution in [2.75, 3.05) is 19.0 Å². The number of anilines is 1. The largest absolute Gasteiger partial charge is 0.376 e. The van der Waals surface area contributed by atoms with E-state index in [-0.39, 0.29) is 5.54 Å². The molecule has 0 aromatic heterocycles. The molecule has 1 saturated carbocycles. The molecule has 1 aliphatic rings. The monoisotopic (exact) mass is 238 g/mol. The van der Waals surface area contributed by atoms with Gasteiger partial charge in [-0.3, -0.25) is 0 Å². The van der Waals surface area contributed by atoms with Crippen molar-refractivity contribution in [1.82, 2.24) is 0 Å². The summed E-state index contributed by atoms with van der Waals surface area (Å²) in [5.41, 5.74) is 8.58. The van der Waals surface area contributed by atoms with Crippen LogP contribution in [0.1, 0.15) is 31.2 Å². The van der Waals surface area contributed by atoms with Gasteiger partial charge in [0.25, 0.3) is 0 Å². The lowest BCUT2D eigenvalue weighted by atomic mass is 9.89.